The molecular weight excluding hydrogens is 248 g/mol. The number of para-hydroxylation sites is 1. The quantitative estimate of drug-likeness (QED) is 0.731. The Balaban J connectivity index is 2.79. The zero-order valence-electron chi connectivity index (χ0n) is 9.61. The van der Waals surface area contributed by atoms with Gasteiger partial charge in [0.25, 0.3) is 11.8 Å². The number of ether oxygens (including phenoxy) is 1. The van der Waals surface area contributed by atoms with Gasteiger partial charge in [-0.1, -0.05) is 6.07 Å². The SMILES string of the molecule is COc1cccc(C(=O)NCC(F)(F)CO)c1O. The van der Waals surface area contributed by atoms with Crippen LogP contribution in [0.3, 0.4) is 0 Å². The molecule has 18 heavy (non-hydrogen) atoms. The van der Waals surface area contributed by atoms with E-state index in [1.165, 1.54) is 25.3 Å². The first-order valence-corrected chi connectivity index (χ1v) is 5.04. The number of hydrogen-bond acceptors (Lipinski definition) is 4. The van der Waals surface area contributed by atoms with E-state index in [1.54, 1.807) is 0 Å². The summed E-state index contributed by atoms with van der Waals surface area (Å²) in [5.74, 6) is -4.63. The van der Waals surface area contributed by atoms with Crippen LogP contribution in [-0.4, -0.2) is 42.3 Å². The van der Waals surface area contributed by atoms with E-state index < -0.39 is 30.7 Å². The second-order valence-electron chi connectivity index (χ2n) is 3.55. The molecule has 5 nitrogen and oxygen atoms in total. The van der Waals surface area contributed by atoms with E-state index in [0.29, 0.717) is 0 Å². The fraction of sp³-hybridized carbons (Fsp3) is 0.364. The Morgan fingerprint density at radius 2 is 2.17 bits per heavy atom. The Morgan fingerprint density at radius 3 is 2.72 bits per heavy atom. The normalized spacial score (nSPS) is 11.1. The Bertz CT molecular complexity index is 437. The third-order valence-electron chi connectivity index (χ3n) is 2.20. The van der Waals surface area contributed by atoms with Crippen LogP contribution in [-0.2, 0) is 0 Å². The third kappa shape index (κ3) is 3.30. The number of methoxy groups -OCH3 is 1. The smallest absolute Gasteiger partial charge is 0.287 e. The second-order valence-corrected chi connectivity index (χ2v) is 3.55. The summed E-state index contributed by atoms with van der Waals surface area (Å²) in [4.78, 5) is 11.6. The molecule has 0 heterocycles. The number of benzene rings is 1. The summed E-state index contributed by atoms with van der Waals surface area (Å²) >= 11 is 0. The van der Waals surface area contributed by atoms with Crippen molar-refractivity contribution < 1.29 is 28.5 Å². The molecule has 0 saturated carbocycles. The van der Waals surface area contributed by atoms with E-state index in [4.69, 9.17) is 9.84 Å². The molecule has 0 bridgehead atoms. The number of rotatable bonds is 5. The number of alkyl halides is 2. The summed E-state index contributed by atoms with van der Waals surface area (Å²) < 4.78 is 30.2. The number of phenols is 1. The van der Waals surface area contributed by atoms with Crippen LogP contribution in [0.25, 0.3) is 0 Å². The van der Waals surface area contributed by atoms with Crippen molar-refractivity contribution in [3.05, 3.63) is 23.8 Å². The van der Waals surface area contributed by atoms with Gasteiger partial charge in [-0.25, -0.2) is 8.78 Å². The Labute approximate surface area is 102 Å². The Hall–Kier alpha value is -1.89. The number of hydrogen-bond donors (Lipinski definition) is 3. The fourth-order valence-electron chi connectivity index (χ4n) is 1.23. The highest BCUT2D eigenvalue weighted by molar-refractivity contribution is 5.97. The zero-order chi connectivity index (χ0) is 13.8. The summed E-state index contributed by atoms with van der Waals surface area (Å²) in [6.45, 7) is -2.38. The topological polar surface area (TPSA) is 78.8 Å². The first-order valence-electron chi connectivity index (χ1n) is 5.04. The number of nitrogens with one attached hydrogen (secondary N) is 1. The van der Waals surface area contributed by atoms with E-state index >= 15 is 0 Å². The van der Waals surface area contributed by atoms with Gasteiger partial charge in [-0.05, 0) is 12.1 Å². The standard InChI is InChI=1S/C11H13F2NO4/c1-18-8-4-2-3-7(9(8)16)10(17)14-5-11(12,13)6-15/h2-4,15-16H,5-6H2,1H3,(H,14,17). The number of amides is 1. The monoisotopic (exact) mass is 261 g/mol. The molecule has 0 saturated heterocycles. The molecule has 0 aliphatic carbocycles. The van der Waals surface area contributed by atoms with Gasteiger partial charge in [-0.2, -0.15) is 0 Å². The average molecular weight is 261 g/mol. The number of aliphatic hydroxyl groups is 1. The van der Waals surface area contributed by atoms with Crippen LogP contribution in [0.15, 0.2) is 18.2 Å². The highest BCUT2D eigenvalue weighted by atomic mass is 19.3. The molecular formula is C11H13F2NO4. The molecule has 0 aromatic heterocycles. The molecule has 7 heteroatoms. The maximum Gasteiger partial charge on any atom is 0.287 e. The molecule has 0 radical (unpaired) electrons. The van der Waals surface area contributed by atoms with Gasteiger partial charge in [0.05, 0.1) is 19.2 Å². The maximum absolute atomic E-state index is 12.7. The predicted octanol–water partition coefficient (Wildman–Crippen LogP) is 0.758. The zero-order valence-corrected chi connectivity index (χ0v) is 9.61. The Morgan fingerprint density at radius 1 is 1.50 bits per heavy atom. The van der Waals surface area contributed by atoms with Crippen molar-refractivity contribution in [1.29, 1.82) is 0 Å². The van der Waals surface area contributed by atoms with Gasteiger partial charge >= 0.3 is 0 Å². The molecule has 0 aliphatic heterocycles. The minimum Gasteiger partial charge on any atom is -0.504 e. The average Bonchev–Trinajstić information content (AvgIpc) is 2.36. The highest BCUT2D eigenvalue weighted by Gasteiger charge is 2.28. The van der Waals surface area contributed by atoms with E-state index in [1.807, 2.05) is 5.32 Å². The molecule has 0 fully saturated rings. The first kappa shape index (κ1) is 14.2. The van der Waals surface area contributed by atoms with Gasteiger partial charge < -0.3 is 20.3 Å². The van der Waals surface area contributed by atoms with Crippen molar-refractivity contribution in [3.8, 4) is 11.5 Å². The van der Waals surface area contributed by atoms with Crippen LogP contribution < -0.4 is 10.1 Å². The number of aromatic hydroxyl groups is 1. The maximum atomic E-state index is 12.7. The van der Waals surface area contributed by atoms with Crippen LogP contribution in [0.1, 0.15) is 10.4 Å². The van der Waals surface area contributed by atoms with Gasteiger partial charge in [0.2, 0.25) is 0 Å². The van der Waals surface area contributed by atoms with Crippen molar-refractivity contribution in [3.63, 3.8) is 0 Å². The lowest BCUT2D eigenvalue weighted by molar-refractivity contribution is -0.0462. The largest absolute Gasteiger partial charge is 0.504 e. The molecule has 1 rings (SSSR count). The minimum absolute atomic E-state index is 0.0663. The third-order valence-corrected chi connectivity index (χ3v) is 2.20. The highest BCUT2D eigenvalue weighted by Crippen LogP contribution is 2.29. The fourth-order valence-corrected chi connectivity index (χ4v) is 1.23. The summed E-state index contributed by atoms with van der Waals surface area (Å²) in [7, 11) is 1.30. The number of carbonyl (C=O) groups excluding carboxylic acids is 1. The van der Waals surface area contributed by atoms with Crippen LogP contribution in [0, 0.1) is 0 Å². The van der Waals surface area contributed by atoms with Gasteiger partial charge in [0.15, 0.2) is 11.5 Å². The minimum atomic E-state index is -3.40. The van der Waals surface area contributed by atoms with Crippen LogP contribution >= 0.6 is 0 Å². The molecule has 0 atom stereocenters. The van der Waals surface area contributed by atoms with Gasteiger partial charge in [-0.15, -0.1) is 0 Å². The van der Waals surface area contributed by atoms with Gasteiger partial charge in [-0.3, -0.25) is 4.79 Å². The van der Waals surface area contributed by atoms with Crippen molar-refractivity contribution >= 4 is 5.91 Å². The van der Waals surface area contributed by atoms with E-state index in [0.717, 1.165) is 0 Å². The van der Waals surface area contributed by atoms with E-state index in [2.05, 4.69) is 0 Å². The van der Waals surface area contributed by atoms with Crippen LogP contribution in [0.2, 0.25) is 0 Å². The molecule has 100 valence electrons. The summed E-state index contributed by atoms with van der Waals surface area (Å²) in [5.41, 5.74) is -0.178. The Kier molecular flexibility index (Phi) is 4.43. The molecule has 1 aromatic carbocycles. The molecule has 0 aliphatic rings. The number of halogens is 2. The molecule has 0 unspecified atom stereocenters. The van der Waals surface area contributed by atoms with Crippen molar-refractivity contribution in [2.45, 2.75) is 5.92 Å². The molecule has 1 amide bonds. The van der Waals surface area contributed by atoms with Crippen molar-refractivity contribution in [2.24, 2.45) is 0 Å². The predicted molar refractivity (Wildman–Crippen MR) is 59.0 cm³/mol. The second kappa shape index (κ2) is 5.63. The van der Waals surface area contributed by atoms with Gasteiger partial charge in [0, 0.05) is 0 Å². The number of phenolic OH excluding ortho intramolecular Hbond substituents is 1. The summed E-state index contributed by atoms with van der Waals surface area (Å²) in [5, 5.41) is 19.9. The van der Waals surface area contributed by atoms with Gasteiger partial charge in [0.1, 0.15) is 6.61 Å². The molecule has 3 N–H and O–H groups in total. The number of aliphatic hydroxyl groups excluding tert-OH is 1. The summed E-state index contributed by atoms with van der Waals surface area (Å²) in [6.07, 6.45) is 0. The summed E-state index contributed by atoms with van der Waals surface area (Å²) in [6, 6.07) is 4.14. The first-order chi connectivity index (χ1) is 8.41. The number of carbonyl (C=O) groups is 1. The lowest BCUT2D eigenvalue weighted by Crippen LogP contribution is -2.39. The van der Waals surface area contributed by atoms with Crippen LogP contribution in [0.5, 0.6) is 11.5 Å². The van der Waals surface area contributed by atoms with E-state index in [-0.39, 0.29) is 11.3 Å². The molecule has 1 aromatic rings. The van der Waals surface area contributed by atoms with Crippen molar-refractivity contribution in [2.75, 3.05) is 20.3 Å². The van der Waals surface area contributed by atoms with E-state index in [9.17, 15) is 18.7 Å². The lowest BCUT2D eigenvalue weighted by Gasteiger charge is -2.14. The molecule has 0 spiro atoms. The van der Waals surface area contributed by atoms with Crippen LogP contribution in [0.4, 0.5) is 8.78 Å². The van der Waals surface area contributed by atoms with Crippen molar-refractivity contribution in [1.82, 2.24) is 5.32 Å². The lowest BCUT2D eigenvalue weighted by atomic mass is 10.1.